The second kappa shape index (κ2) is 4.93. The summed E-state index contributed by atoms with van der Waals surface area (Å²) < 4.78 is 10.7. The van der Waals surface area contributed by atoms with E-state index in [0.717, 1.165) is 9.37 Å². The normalized spacial score (nSPS) is 10.6. The summed E-state index contributed by atoms with van der Waals surface area (Å²) in [7, 11) is 0. The molecule has 0 saturated carbocycles. The molecule has 1 aromatic heterocycles. The van der Waals surface area contributed by atoms with Gasteiger partial charge in [-0.3, -0.25) is 0 Å². The molecule has 1 heterocycles. The minimum absolute atomic E-state index is 0.551. The summed E-state index contributed by atoms with van der Waals surface area (Å²) in [6.45, 7) is 1.72. The van der Waals surface area contributed by atoms with Crippen molar-refractivity contribution in [2.45, 2.75) is 17.6 Å². The van der Waals surface area contributed by atoms with E-state index in [9.17, 15) is 4.79 Å². The lowest BCUT2D eigenvalue weighted by Crippen LogP contribution is -1.86. The standard InChI is InChI=1S/C11H9BrO3S/c1-7-10(15-11(13)14-7)6-16-9-4-2-8(12)3-5-9/h2-5H,6H2,1H3. The summed E-state index contributed by atoms with van der Waals surface area (Å²) in [5.41, 5.74) is 0. The Kier molecular flexibility index (Phi) is 3.56. The van der Waals surface area contributed by atoms with Crippen LogP contribution in [0.15, 0.2) is 47.3 Å². The third kappa shape index (κ3) is 2.80. The summed E-state index contributed by atoms with van der Waals surface area (Å²) in [5, 5.41) is 0. The van der Waals surface area contributed by atoms with Gasteiger partial charge < -0.3 is 8.83 Å². The largest absolute Gasteiger partial charge is 0.519 e. The van der Waals surface area contributed by atoms with Crippen LogP contribution in [0.5, 0.6) is 0 Å². The zero-order chi connectivity index (χ0) is 11.5. The SMILES string of the molecule is Cc1oc(=O)oc1CSc1ccc(Br)cc1. The molecule has 16 heavy (non-hydrogen) atoms. The van der Waals surface area contributed by atoms with Crippen molar-refractivity contribution in [2.75, 3.05) is 0 Å². The molecule has 0 unspecified atom stereocenters. The van der Waals surface area contributed by atoms with E-state index in [2.05, 4.69) is 15.9 Å². The first-order valence-electron chi connectivity index (χ1n) is 4.63. The van der Waals surface area contributed by atoms with Gasteiger partial charge >= 0.3 is 5.82 Å². The molecule has 0 radical (unpaired) electrons. The molecule has 0 fully saturated rings. The van der Waals surface area contributed by atoms with E-state index in [1.807, 2.05) is 24.3 Å². The number of hydrogen-bond donors (Lipinski definition) is 0. The Hall–Kier alpha value is -0.940. The number of hydrogen-bond acceptors (Lipinski definition) is 4. The van der Waals surface area contributed by atoms with Gasteiger partial charge in [0.15, 0.2) is 5.76 Å². The van der Waals surface area contributed by atoms with Crippen LogP contribution in [-0.2, 0) is 5.75 Å². The quantitative estimate of drug-likeness (QED) is 0.813. The Morgan fingerprint density at radius 3 is 2.50 bits per heavy atom. The van der Waals surface area contributed by atoms with E-state index in [4.69, 9.17) is 8.83 Å². The highest BCUT2D eigenvalue weighted by Crippen LogP contribution is 2.25. The molecule has 0 aliphatic heterocycles. The zero-order valence-electron chi connectivity index (χ0n) is 8.53. The van der Waals surface area contributed by atoms with Crippen LogP contribution in [0.2, 0.25) is 0 Å². The molecule has 0 aliphatic carbocycles. The number of halogens is 1. The highest BCUT2D eigenvalue weighted by molar-refractivity contribution is 9.10. The van der Waals surface area contributed by atoms with Crippen LogP contribution in [0, 0.1) is 6.92 Å². The molecule has 1 aromatic carbocycles. The Balaban J connectivity index is 2.05. The van der Waals surface area contributed by atoms with E-state index in [1.165, 1.54) is 0 Å². The lowest BCUT2D eigenvalue weighted by Gasteiger charge is -1.99. The van der Waals surface area contributed by atoms with Gasteiger partial charge in [-0.25, -0.2) is 4.79 Å². The minimum atomic E-state index is -0.635. The molecule has 0 spiro atoms. The minimum Gasteiger partial charge on any atom is -0.396 e. The van der Waals surface area contributed by atoms with Crippen molar-refractivity contribution in [1.29, 1.82) is 0 Å². The van der Waals surface area contributed by atoms with E-state index < -0.39 is 5.82 Å². The molecule has 2 aromatic rings. The number of thioether (sulfide) groups is 1. The van der Waals surface area contributed by atoms with Gasteiger partial charge in [-0.1, -0.05) is 15.9 Å². The van der Waals surface area contributed by atoms with Gasteiger partial charge in [-0.15, -0.1) is 11.8 Å². The second-order valence-corrected chi connectivity index (χ2v) is 5.14. The van der Waals surface area contributed by atoms with Gasteiger partial charge in [0.1, 0.15) is 5.76 Å². The average molecular weight is 301 g/mol. The van der Waals surface area contributed by atoms with Crippen LogP contribution in [0.25, 0.3) is 0 Å². The van der Waals surface area contributed by atoms with E-state index in [-0.39, 0.29) is 0 Å². The van der Waals surface area contributed by atoms with Gasteiger partial charge in [0, 0.05) is 9.37 Å². The molecule has 84 valence electrons. The van der Waals surface area contributed by atoms with Crippen molar-refractivity contribution in [3.05, 3.63) is 50.9 Å². The molecular formula is C11H9BrO3S. The molecule has 5 heteroatoms. The van der Waals surface area contributed by atoms with Crippen LogP contribution in [-0.4, -0.2) is 0 Å². The van der Waals surface area contributed by atoms with Crippen LogP contribution in [0.3, 0.4) is 0 Å². The fraction of sp³-hybridized carbons (Fsp3) is 0.182. The van der Waals surface area contributed by atoms with Gasteiger partial charge in [0.2, 0.25) is 0 Å². The fourth-order valence-corrected chi connectivity index (χ4v) is 2.34. The molecule has 0 aliphatic rings. The Morgan fingerprint density at radius 2 is 1.94 bits per heavy atom. The van der Waals surface area contributed by atoms with Gasteiger partial charge in [0.05, 0.1) is 5.75 Å². The third-order valence-corrected chi connectivity index (χ3v) is 3.56. The first kappa shape index (κ1) is 11.5. The van der Waals surface area contributed by atoms with Crippen molar-refractivity contribution in [2.24, 2.45) is 0 Å². The highest BCUT2D eigenvalue weighted by Gasteiger charge is 2.08. The lowest BCUT2D eigenvalue weighted by atomic mass is 10.4. The van der Waals surface area contributed by atoms with Crippen molar-refractivity contribution >= 4 is 27.7 Å². The Morgan fingerprint density at radius 1 is 1.25 bits per heavy atom. The van der Waals surface area contributed by atoms with Crippen molar-refractivity contribution in [1.82, 2.24) is 0 Å². The predicted octanol–water partition coefficient (Wildman–Crippen LogP) is 3.60. The first-order chi connectivity index (χ1) is 7.65. The summed E-state index contributed by atoms with van der Waals surface area (Å²) in [5.74, 6) is 1.11. The predicted molar refractivity (Wildman–Crippen MR) is 65.7 cm³/mol. The van der Waals surface area contributed by atoms with Gasteiger partial charge in [0.25, 0.3) is 0 Å². The number of aryl methyl sites for hydroxylation is 1. The van der Waals surface area contributed by atoms with Gasteiger partial charge in [-0.2, -0.15) is 0 Å². The zero-order valence-corrected chi connectivity index (χ0v) is 10.9. The molecule has 0 amide bonds. The van der Waals surface area contributed by atoms with Crippen molar-refractivity contribution < 1.29 is 8.83 Å². The van der Waals surface area contributed by atoms with Crippen LogP contribution in [0.4, 0.5) is 0 Å². The summed E-state index contributed by atoms with van der Waals surface area (Å²) in [6.07, 6.45) is 0. The average Bonchev–Trinajstić information content (AvgIpc) is 2.57. The molecule has 0 atom stereocenters. The van der Waals surface area contributed by atoms with Gasteiger partial charge in [-0.05, 0) is 31.2 Å². The van der Waals surface area contributed by atoms with E-state index in [0.29, 0.717) is 17.3 Å². The van der Waals surface area contributed by atoms with E-state index in [1.54, 1.807) is 18.7 Å². The molecular weight excluding hydrogens is 292 g/mol. The maximum Gasteiger partial charge on any atom is 0.519 e. The Labute approximate surface area is 105 Å². The van der Waals surface area contributed by atoms with Crippen LogP contribution >= 0.6 is 27.7 Å². The fourth-order valence-electron chi connectivity index (χ4n) is 1.19. The number of rotatable bonds is 3. The smallest absolute Gasteiger partial charge is 0.396 e. The monoisotopic (exact) mass is 300 g/mol. The summed E-state index contributed by atoms with van der Waals surface area (Å²) in [6, 6.07) is 7.95. The second-order valence-electron chi connectivity index (χ2n) is 3.18. The first-order valence-corrected chi connectivity index (χ1v) is 6.41. The van der Waals surface area contributed by atoms with E-state index >= 15 is 0 Å². The molecule has 0 bridgehead atoms. The lowest BCUT2D eigenvalue weighted by molar-refractivity contribution is 0.372. The molecule has 2 rings (SSSR count). The third-order valence-electron chi connectivity index (χ3n) is 2.02. The van der Waals surface area contributed by atoms with Crippen molar-refractivity contribution in [3.8, 4) is 0 Å². The van der Waals surface area contributed by atoms with Crippen molar-refractivity contribution in [3.63, 3.8) is 0 Å². The van der Waals surface area contributed by atoms with Crippen LogP contribution in [0.1, 0.15) is 11.5 Å². The topological polar surface area (TPSA) is 43.4 Å². The summed E-state index contributed by atoms with van der Waals surface area (Å²) in [4.78, 5) is 11.9. The maximum absolute atomic E-state index is 10.8. The molecule has 3 nitrogen and oxygen atoms in total. The molecule has 0 saturated heterocycles. The highest BCUT2D eigenvalue weighted by atomic mass is 79.9. The summed E-state index contributed by atoms with van der Waals surface area (Å²) >= 11 is 4.97. The van der Waals surface area contributed by atoms with Crippen LogP contribution < -0.4 is 5.82 Å². The maximum atomic E-state index is 10.8. The molecule has 0 N–H and O–H groups in total. The Bertz CT molecular complexity index is 527. The number of benzene rings is 1.